The van der Waals surface area contributed by atoms with Gasteiger partial charge in [-0.2, -0.15) is 0 Å². The smallest absolute Gasteiger partial charge is 0.340 e. The van der Waals surface area contributed by atoms with Gasteiger partial charge in [0.25, 0.3) is 5.91 Å². The molecule has 0 spiro atoms. The van der Waals surface area contributed by atoms with Gasteiger partial charge in [-0.05, 0) is 51.2 Å². The topological polar surface area (TPSA) is 59.8 Å². The van der Waals surface area contributed by atoms with Crippen molar-refractivity contribution in [3.8, 4) is 0 Å². The van der Waals surface area contributed by atoms with Gasteiger partial charge < -0.3 is 15.0 Å². The molecule has 2 N–H and O–H groups in total. The monoisotopic (exact) mass is 345 g/mol. The highest BCUT2D eigenvalue weighted by Crippen LogP contribution is 2.28. The van der Waals surface area contributed by atoms with Crippen LogP contribution < -0.4 is 10.2 Å². The molecule has 1 saturated carbocycles. The third kappa shape index (κ3) is 4.40. The molecule has 1 aliphatic carbocycles. The Labute approximate surface area is 149 Å². The van der Waals surface area contributed by atoms with Gasteiger partial charge in [0.15, 0.2) is 6.54 Å². The van der Waals surface area contributed by atoms with Crippen LogP contribution in [-0.4, -0.2) is 37.6 Å². The van der Waals surface area contributed by atoms with Crippen molar-refractivity contribution in [1.29, 1.82) is 0 Å². The lowest BCUT2D eigenvalue weighted by Crippen LogP contribution is -3.18. The fourth-order valence-electron chi connectivity index (χ4n) is 4.47. The number of nitrogens with one attached hydrogen (secondary N) is 2. The van der Waals surface area contributed by atoms with Gasteiger partial charge in [-0.25, -0.2) is 4.79 Å². The van der Waals surface area contributed by atoms with Crippen LogP contribution in [0, 0.1) is 5.92 Å². The summed E-state index contributed by atoms with van der Waals surface area (Å²) in [5.41, 5.74) is 0.962. The minimum absolute atomic E-state index is 0.0158. The number of fused-ring (bicyclic) bond motifs is 1. The van der Waals surface area contributed by atoms with Crippen molar-refractivity contribution in [3.05, 3.63) is 29.8 Å². The minimum Gasteiger partial charge on any atom is -0.462 e. The average Bonchev–Trinajstić information content (AvgIpc) is 2.62. The molecule has 136 valence electrons. The molecule has 3 atom stereocenters. The molecule has 25 heavy (non-hydrogen) atoms. The van der Waals surface area contributed by atoms with Gasteiger partial charge >= 0.3 is 5.97 Å². The van der Waals surface area contributed by atoms with Crippen molar-refractivity contribution in [2.75, 3.05) is 25.0 Å². The molecule has 3 rings (SSSR count). The molecule has 1 unspecified atom stereocenters. The Hall–Kier alpha value is -1.88. The summed E-state index contributed by atoms with van der Waals surface area (Å²) in [6.45, 7) is 3.66. The summed E-state index contributed by atoms with van der Waals surface area (Å²) in [4.78, 5) is 26.1. The number of carbonyl (C=O) groups is 2. The average molecular weight is 345 g/mol. The van der Waals surface area contributed by atoms with Crippen molar-refractivity contribution in [2.24, 2.45) is 5.92 Å². The number of para-hydroxylation sites is 1. The molecule has 1 aromatic carbocycles. The summed E-state index contributed by atoms with van der Waals surface area (Å²) >= 11 is 0. The molecule has 1 aromatic rings. The Kier molecular flexibility index (Phi) is 6.08. The van der Waals surface area contributed by atoms with Crippen LogP contribution in [0.5, 0.6) is 0 Å². The van der Waals surface area contributed by atoms with E-state index in [9.17, 15) is 9.59 Å². The summed E-state index contributed by atoms with van der Waals surface area (Å²) in [5, 5.41) is 2.93. The highest BCUT2D eigenvalue weighted by molar-refractivity contribution is 6.01. The molecule has 1 heterocycles. The van der Waals surface area contributed by atoms with Gasteiger partial charge in [-0.3, -0.25) is 4.79 Å². The highest BCUT2D eigenvalue weighted by atomic mass is 16.5. The number of rotatable bonds is 5. The molecule has 0 aromatic heterocycles. The first-order chi connectivity index (χ1) is 12.2. The van der Waals surface area contributed by atoms with Crippen molar-refractivity contribution in [3.63, 3.8) is 0 Å². The molecular weight excluding hydrogens is 316 g/mol. The first-order valence-corrected chi connectivity index (χ1v) is 9.59. The van der Waals surface area contributed by atoms with E-state index in [0.717, 1.165) is 12.5 Å². The summed E-state index contributed by atoms with van der Waals surface area (Å²) in [7, 11) is 0. The largest absolute Gasteiger partial charge is 0.462 e. The lowest BCUT2D eigenvalue weighted by atomic mass is 9.78. The van der Waals surface area contributed by atoms with E-state index < -0.39 is 5.97 Å². The van der Waals surface area contributed by atoms with E-state index in [1.54, 1.807) is 25.1 Å². The van der Waals surface area contributed by atoms with Crippen LogP contribution in [0.2, 0.25) is 0 Å². The van der Waals surface area contributed by atoms with Gasteiger partial charge in [-0.1, -0.05) is 18.6 Å². The molecular formula is C20H29N2O3+. The number of quaternary nitrogens is 1. The van der Waals surface area contributed by atoms with Crippen molar-refractivity contribution in [2.45, 2.75) is 51.5 Å². The van der Waals surface area contributed by atoms with E-state index in [1.807, 2.05) is 6.07 Å². The maximum atomic E-state index is 12.6. The SMILES string of the molecule is CCOC(=O)c1ccccc1NC(=O)C[NH+]1CCC[C@@H]2CCCC[C@@H]21. The molecule has 5 heteroatoms. The van der Waals surface area contributed by atoms with E-state index in [2.05, 4.69) is 5.32 Å². The molecule has 2 fully saturated rings. The Bertz CT molecular complexity index is 615. The first-order valence-electron chi connectivity index (χ1n) is 9.59. The summed E-state index contributed by atoms with van der Waals surface area (Å²) in [6, 6.07) is 7.69. The number of esters is 1. The first kappa shape index (κ1) is 17.9. The maximum absolute atomic E-state index is 12.6. The molecule has 1 saturated heterocycles. The van der Waals surface area contributed by atoms with Crippen molar-refractivity contribution >= 4 is 17.6 Å². The summed E-state index contributed by atoms with van der Waals surface area (Å²) < 4.78 is 5.08. The third-order valence-corrected chi connectivity index (χ3v) is 5.59. The quantitative estimate of drug-likeness (QED) is 0.803. The van der Waals surface area contributed by atoms with Crippen molar-refractivity contribution < 1.29 is 19.2 Å². The van der Waals surface area contributed by atoms with Gasteiger partial charge in [0.2, 0.25) is 0 Å². The Balaban J connectivity index is 1.64. The number of benzene rings is 1. The Morgan fingerprint density at radius 2 is 1.92 bits per heavy atom. The predicted molar refractivity (Wildman–Crippen MR) is 96.7 cm³/mol. The zero-order valence-electron chi connectivity index (χ0n) is 15.1. The molecule has 5 nitrogen and oxygen atoms in total. The van der Waals surface area contributed by atoms with Crippen LogP contribution in [0.1, 0.15) is 55.8 Å². The zero-order chi connectivity index (χ0) is 17.6. The van der Waals surface area contributed by atoms with Crippen molar-refractivity contribution in [1.82, 2.24) is 0 Å². The lowest BCUT2D eigenvalue weighted by molar-refractivity contribution is -0.928. The lowest BCUT2D eigenvalue weighted by Gasteiger charge is -2.40. The number of anilines is 1. The maximum Gasteiger partial charge on any atom is 0.340 e. The number of carbonyl (C=O) groups excluding carboxylic acids is 2. The van der Waals surface area contributed by atoms with Gasteiger partial charge in [0.05, 0.1) is 30.4 Å². The number of hydrogen-bond donors (Lipinski definition) is 2. The standard InChI is InChI=1S/C20H28N2O3/c1-2-25-20(24)16-10-4-5-11-17(16)21-19(23)14-22-13-7-9-15-8-3-6-12-18(15)22/h4-5,10-11,15,18H,2-3,6-9,12-14H2,1H3,(H,21,23)/p+1/t15-,18-/m0/s1. The Morgan fingerprint density at radius 3 is 2.76 bits per heavy atom. The van der Waals surface area contributed by atoms with Gasteiger partial charge in [-0.15, -0.1) is 0 Å². The van der Waals surface area contributed by atoms with Gasteiger partial charge in [0, 0.05) is 5.92 Å². The number of likely N-dealkylation sites (tertiary alicyclic amines) is 1. The normalized spacial score (nSPS) is 25.7. The van der Waals surface area contributed by atoms with E-state index in [0.29, 0.717) is 30.4 Å². The number of ether oxygens (including phenoxy) is 1. The molecule has 0 bridgehead atoms. The molecule has 1 amide bonds. The van der Waals surface area contributed by atoms with Crippen LogP contribution in [0.3, 0.4) is 0 Å². The fraction of sp³-hybridized carbons (Fsp3) is 0.600. The minimum atomic E-state index is -0.393. The second-order valence-electron chi connectivity index (χ2n) is 7.19. The second kappa shape index (κ2) is 8.48. The third-order valence-electron chi connectivity index (χ3n) is 5.59. The van der Waals surface area contributed by atoms with Crippen LogP contribution in [0.25, 0.3) is 0 Å². The van der Waals surface area contributed by atoms with Crippen LogP contribution >= 0.6 is 0 Å². The van der Waals surface area contributed by atoms with E-state index in [-0.39, 0.29) is 5.91 Å². The fourth-order valence-corrected chi connectivity index (χ4v) is 4.47. The summed E-state index contributed by atoms with van der Waals surface area (Å²) in [5.74, 6) is 0.381. The molecule has 2 aliphatic rings. The van der Waals surface area contributed by atoms with Crippen LogP contribution in [-0.2, 0) is 9.53 Å². The highest BCUT2D eigenvalue weighted by Gasteiger charge is 2.37. The van der Waals surface area contributed by atoms with Crippen LogP contribution in [0.4, 0.5) is 5.69 Å². The van der Waals surface area contributed by atoms with E-state index >= 15 is 0 Å². The molecule has 1 aliphatic heterocycles. The van der Waals surface area contributed by atoms with E-state index in [4.69, 9.17) is 4.74 Å². The van der Waals surface area contributed by atoms with Gasteiger partial charge in [0.1, 0.15) is 0 Å². The second-order valence-corrected chi connectivity index (χ2v) is 7.19. The number of piperidine rings is 1. The summed E-state index contributed by atoms with van der Waals surface area (Å²) in [6.07, 6.45) is 7.73. The number of amides is 1. The Morgan fingerprint density at radius 1 is 1.16 bits per heavy atom. The molecule has 0 radical (unpaired) electrons. The van der Waals surface area contributed by atoms with Crippen LogP contribution in [0.15, 0.2) is 24.3 Å². The predicted octanol–water partition coefficient (Wildman–Crippen LogP) is 2.04. The zero-order valence-corrected chi connectivity index (χ0v) is 15.1. The van der Waals surface area contributed by atoms with E-state index in [1.165, 1.54) is 43.4 Å². The number of hydrogen-bond acceptors (Lipinski definition) is 3.